The predicted molar refractivity (Wildman–Crippen MR) is 177 cm³/mol. The number of anilines is 1. The number of fused-ring (bicyclic) bond motifs is 1. The lowest BCUT2D eigenvalue weighted by Gasteiger charge is -2.19. The van der Waals surface area contributed by atoms with E-state index in [1.54, 1.807) is 23.1 Å². The smallest absolute Gasteiger partial charge is 0.255 e. The van der Waals surface area contributed by atoms with Gasteiger partial charge in [0.25, 0.3) is 5.91 Å². The molecule has 41 heavy (non-hydrogen) atoms. The van der Waals surface area contributed by atoms with Crippen LogP contribution in [0.1, 0.15) is 101 Å². The Morgan fingerprint density at radius 1 is 0.878 bits per heavy atom. The van der Waals surface area contributed by atoms with Gasteiger partial charge in [-0.3, -0.25) is 4.79 Å². The molecule has 0 aliphatic carbocycles. The Kier molecular flexibility index (Phi) is 11.7. The zero-order valence-electron chi connectivity index (χ0n) is 25.0. The van der Waals surface area contributed by atoms with Crippen molar-refractivity contribution < 1.29 is 9.53 Å². The van der Waals surface area contributed by atoms with E-state index < -0.39 is 0 Å². The van der Waals surface area contributed by atoms with Crippen molar-refractivity contribution in [1.29, 1.82) is 0 Å². The number of carbonyl (C=O) groups is 1. The summed E-state index contributed by atoms with van der Waals surface area (Å²) in [7, 11) is 0. The SMILES string of the molecule is CCCCCCCCCCOc1ccc(C(=O)Nc2ccc3nc(SCc4ccc(C(C)(C)C)cc4)sc3c2)cc1. The summed E-state index contributed by atoms with van der Waals surface area (Å²) in [5.41, 5.74) is 5.14. The van der Waals surface area contributed by atoms with Crippen LogP contribution in [0.3, 0.4) is 0 Å². The fourth-order valence-corrected chi connectivity index (χ4v) is 6.68. The monoisotopic (exact) mass is 588 g/mol. The topological polar surface area (TPSA) is 51.2 Å². The number of hydrogen-bond donors (Lipinski definition) is 1. The predicted octanol–water partition coefficient (Wildman–Crippen LogP) is 10.7. The molecule has 1 N–H and O–H groups in total. The molecule has 4 rings (SSSR count). The van der Waals surface area contributed by atoms with Crippen LogP contribution in [-0.2, 0) is 11.2 Å². The van der Waals surface area contributed by atoms with E-state index in [0.29, 0.717) is 5.56 Å². The van der Waals surface area contributed by atoms with Crippen LogP contribution in [-0.4, -0.2) is 17.5 Å². The molecule has 4 aromatic rings. The molecule has 0 saturated carbocycles. The average Bonchev–Trinajstić information content (AvgIpc) is 3.37. The minimum absolute atomic E-state index is 0.128. The summed E-state index contributed by atoms with van der Waals surface area (Å²) in [6.07, 6.45) is 10.3. The Morgan fingerprint density at radius 3 is 2.24 bits per heavy atom. The summed E-state index contributed by atoms with van der Waals surface area (Å²) in [5.74, 6) is 1.56. The van der Waals surface area contributed by atoms with Crippen LogP contribution >= 0.6 is 23.1 Å². The molecule has 0 bridgehead atoms. The molecule has 1 aromatic heterocycles. The lowest BCUT2D eigenvalue weighted by Crippen LogP contribution is -2.11. The third kappa shape index (κ3) is 9.89. The maximum absolute atomic E-state index is 12.9. The van der Waals surface area contributed by atoms with Crippen molar-refractivity contribution in [2.24, 2.45) is 0 Å². The number of ether oxygens (including phenoxy) is 1. The van der Waals surface area contributed by atoms with Gasteiger partial charge in [-0.15, -0.1) is 11.3 Å². The summed E-state index contributed by atoms with van der Waals surface area (Å²) in [4.78, 5) is 17.7. The van der Waals surface area contributed by atoms with Gasteiger partial charge in [0.15, 0.2) is 4.34 Å². The van der Waals surface area contributed by atoms with E-state index in [9.17, 15) is 4.79 Å². The number of unbranched alkanes of at least 4 members (excludes halogenated alkanes) is 7. The Labute approximate surface area is 254 Å². The molecule has 0 atom stereocenters. The second-order valence-electron chi connectivity index (χ2n) is 11.7. The van der Waals surface area contributed by atoms with E-state index in [1.807, 2.05) is 42.5 Å². The third-order valence-corrected chi connectivity index (χ3v) is 9.42. The van der Waals surface area contributed by atoms with Crippen LogP contribution in [0.2, 0.25) is 0 Å². The van der Waals surface area contributed by atoms with Crippen LogP contribution < -0.4 is 10.1 Å². The van der Waals surface area contributed by atoms with Gasteiger partial charge in [0.1, 0.15) is 5.75 Å². The number of thiazole rings is 1. The molecule has 6 heteroatoms. The second kappa shape index (κ2) is 15.4. The number of carbonyl (C=O) groups excluding carboxylic acids is 1. The van der Waals surface area contributed by atoms with E-state index in [2.05, 4.69) is 57.3 Å². The summed E-state index contributed by atoms with van der Waals surface area (Å²) < 4.78 is 7.98. The van der Waals surface area contributed by atoms with Crippen LogP contribution in [0, 0.1) is 0 Å². The maximum Gasteiger partial charge on any atom is 0.255 e. The minimum Gasteiger partial charge on any atom is -0.494 e. The Morgan fingerprint density at radius 2 is 1.56 bits per heavy atom. The molecular weight excluding hydrogens is 545 g/mol. The Hall–Kier alpha value is -2.83. The molecule has 1 amide bonds. The number of hydrogen-bond acceptors (Lipinski definition) is 5. The van der Waals surface area contributed by atoms with E-state index >= 15 is 0 Å². The largest absolute Gasteiger partial charge is 0.494 e. The van der Waals surface area contributed by atoms with Crippen LogP contribution in [0.15, 0.2) is 71.1 Å². The molecule has 0 saturated heterocycles. The van der Waals surface area contributed by atoms with Gasteiger partial charge in [-0.2, -0.15) is 0 Å². The number of benzene rings is 3. The zero-order chi connectivity index (χ0) is 29.1. The molecule has 0 radical (unpaired) electrons. The van der Waals surface area contributed by atoms with Crippen molar-refractivity contribution in [2.75, 3.05) is 11.9 Å². The normalized spacial score (nSPS) is 11.6. The van der Waals surface area contributed by atoms with Gasteiger partial charge >= 0.3 is 0 Å². The quantitative estimate of drug-likeness (QED) is 0.111. The number of rotatable bonds is 15. The average molecular weight is 589 g/mol. The first-order chi connectivity index (χ1) is 19.8. The van der Waals surface area contributed by atoms with Gasteiger partial charge in [0.2, 0.25) is 0 Å². The summed E-state index contributed by atoms with van der Waals surface area (Å²) in [6.45, 7) is 9.68. The van der Waals surface area contributed by atoms with E-state index in [0.717, 1.165) is 44.8 Å². The molecule has 0 aliphatic rings. The second-order valence-corrected chi connectivity index (χ2v) is 14.0. The first-order valence-corrected chi connectivity index (χ1v) is 16.8. The zero-order valence-corrected chi connectivity index (χ0v) is 26.6. The highest BCUT2D eigenvalue weighted by atomic mass is 32.2. The van der Waals surface area contributed by atoms with Crippen LogP contribution in [0.4, 0.5) is 5.69 Å². The Bertz CT molecular complexity index is 1370. The molecule has 0 aliphatic heterocycles. The van der Waals surface area contributed by atoms with Crippen LogP contribution in [0.5, 0.6) is 5.75 Å². The van der Waals surface area contributed by atoms with Gasteiger partial charge in [0, 0.05) is 17.0 Å². The summed E-state index contributed by atoms with van der Waals surface area (Å²) >= 11 is 3.41. The summed E-state index contributed by atoms with van der Waals surface area (Å²) in [5, 5.41) is 3.03. The van der Waals surface area contributed by atoms with Crippen molar-refractivity contribution in [3.63, 3.8) is 0 Å². The van der Waals surface area contributed by atoms with Crippen LogP contribution in [0.25, 0.3) is 10.2 Å². The van der Waals surface area contributed by atoms with Gasteiger partial charge in [0.05, 0.1) is 16.8 Å². The van der Waals surface area contributed by atoms with E-state index in [4.69, 9.17) is 9.72 Å². The van der Waals surface area contributed by atoms with E-state index in [1.165, 1.54) is 56.1 Å². The molecule has 3 aromatic carbocycles. The number of amides is 1. The first kappa shape index (κ1) is 31.1. The molecular formula is C35H44N2O2S2. The molecule has 0 unspecified atom stereocenters. The Balaban J connectivity index is 1.22. The van der Waals surface area contributed by atoms with Gasteiger partial charge < -0.3 is 10.1 Å². The molecule has 0 spiro atoms. The highest BCUT2D eigenvalue weighted by Crippen LogP contribution is 2.33. The summed E-state index contributed by atoms with van der Waals surface area (Å²) in [6, 6.07) is 22.2. The lowest BCUT2D eigenvalue weighted by atomic mass is 9.87. The fourth-order valence-electron chi connectivity index (χ4n) is 4.62. The maximum atomic E-state index is 12.9. The number of nitrogens with one attached hydrogen (secondary N) is 1. The standard InChI is InChI=1S/C35H44N2O2S2/c1-5-6-7-8-9-10-11-12-23-39-30-20-15-27(16-21-30)33(38)36-29-19-22-31-32(24-29)41-34(37-31)40-25-26-13-17-28(18-14-26)35(2,3)4/h13-22,24H,5-12,23,25H2,1-4H3,(H,36,38). The minimum atomic E-state index is -0.128. The number of nitrogens with zero attached hydrogens (tertiary/aromatic N) is 1. The highest BCUT2D eigenvalue weighted by Gasteiger charge is 2.13. The third-order valence-electron chi connectivity index (χ3n) is 7.19. The van der Waals surface area contributed by atoms with Crippen molar-refractivity contribution in [3.05, 3.63) is 83.4 Å². The van der Waals surface area contributed by atoms with Gasteiger partial charge in [-0.25, -0.2) is 4.98 Å². The van der Waals surface area contributed by atoms with Crippen molar-refractivity contribution in [1.82, 2.24) is 4.98 Å². The van der Waals surface area contributed by atoms with Crippen molar-refractivity contribution in [2.45, 2.75) is 94.6 Å². The number of aromatic nitrogens is 1. The number of thioether (sulfide) groups is 1. The highest BCUT2D eigenvalue weighted by molar-refractivity contribution is 8.00. The molecule has 0 fully saturated rings. The van der Waals surface area contributed by atoms with Crippen molar-refractivity contribution >= 4 is 44.9 Å². The molecule has 1 heterocycles. The molecule has 218 valence electrons. The fraction of sp³-hybridized carbons (Fsp3) is 0.429. The van der Waals surface area contributed by atoms with E-state index in [-0.39, 0.29) is 11.3 Å². The van der Waals surface area contributed by atoms with Gasteiger partial charge in [-0.05, 0) is 65.4 Å². The van der Waals surface area contributed by atoms with Gasteiger partial charge in [-0.1, -0.05) is 109 Å². The first-order valence-electron chi connectivity index (χ1n) is 15.0. The molecule has 4 nitrogen and oxygen atoms in total. The lowest BCUT2D eigenvalue weighted by molar-refractivity contribution is 0.102. The van der Waals surface area contributed by atoms with Crippen molar-refractivity contribution in [3.8, 4) is 5.75 Å².